The zero-order valence-electron chi connectivity index (χ0n) is 15.6. The van der Waals surface area contributed by atoms with Gasteiger partial charge in [0.25, 0.3) is 0 Å². The van der Waals surface area contributed by atoms with Crippen LogP contribution in [0.25, 0.3) is 21.5 Å². The lowest BCUT2D eigenvalue weighted by molar-refractivity contribution is -0.129. The number of fused-ring (bicyclic) bond motifs is 1. The highest BCUT2D eigenvalue weighted by atomic mass is 32.1. The van der Waals surface area contributed by atoms with Gasteiger partial charge in [-0.15, -0.1) is 11.3 Å². The average molecular weight is 393 g/mol. The first-order valence-electron chi connectivity index (χ1n) is 8.85. The molecule has 0 atom stereocenters. The number of thiophene rings is 1. The molecule has 0 bridgehead atoms. The van der Waals surface area contributed by atoms with Gasteiger partial charge in [0.15, 0.2) is 0 Å². The largest absolute Gasteiger partial charge is 0.423 e. The van der Waals surface area contributed by atoms with E-state index in [1.807, 2.05) is 48.7 Å². The van der Waals surface area contributed by atoms with Crippen molar-refractivity contribution in [3.63, 3.8) is 0 Å². The van der Waals surface area contributed by atoms with Gasteiger partial charge in [-0.05, 0) is 41.6 Å². The van der Waals surface area contributed by atoms with Gasteiger partial charge in [-0.3, -0.25) is 9.89 Å². The number of aromatic nitrogens is 2. The van der Waals surface area contributed by atoms with Gasteiger partial charge in [0.05, 0.1) is 23.5 Å². The molecule has 4 aromatic rings. The van der Waals surface area contributed by atoms with Crippen molar-refractivity contribution in [2.24, 2.45) is 0 Å². The summed E-state index contributed by atoms with van der Waals surface area (Å²) in [7, 11) is 1.74. The molecule has 7 heteroatoms. The van der Waals surface area contributed by atoms with Gasteiger partial charge < -0.3 is 9.32 Å². The standard InChI is InChI=1S/C21H19N3O3S/c1-13-5-6-16-14(10-21(26)27-18(16)8-13)9-20(25)24(2)12-15-11-17(23-22-15)19-4-3-7-28-19/h3-8,10-11H,9,12H2,1-2H3,(H,22,23). The Morgan fingerprint density at radius 3 is 2.89 bits per heavy atom. The molecular formula is C21H19N3O3S. The summed E-state index contributed by atoms with van der Waals surface area (Å²) in [5.41, 5.74) is 3.45. The maximum Gasteiger partial charge on any atom is 0.336 e. The SMILES string of the molecule is Cc1ccc2c(CC(=O)N(C)Cc3cc(-c4cccs4)n[nH]3)cc(=O)oc2c1. The van der Waals surface area contributed by atoms with Gasteiger partial charge in [0, 0.05) is 18.5 Å². The zero-order valence-corrected chi connectivity index (χ0v) is 16.4. The summed E-state index contributed by atoms with van der Waals surface area (Å²) in [4.78, 5) is 27.3. The third-order valence-electron chi connectivity index (χ3n) is 4.57. The topological polar surface area (TPSA) is 79.2 Å². The molecule has 3 aromatic heterocycles. The molecule has 1 aromatic carbocycles. The second-order valence-corrected chi connectivity index (χ2v) is 7.72. The van der Waals surface area contributed by atoms with E-state index in [0.29, 0.717) is 17.7 Å². The van der Waals surface area contributed by atoms with Gasteiger partial charge in [0.1, 0.15) is 11.3 Å². The summed E-state index contributed by atoms with van der Waals surface area (Å²) in [6.07, 6.45) is 0.133. The van der Waals surface area contributed by atoms with Crippen LogP contribution in [0.1, 0.15) is 16.8 Å². The van der Waals surface area contributed by atoms with E-state index in [9.17, 15) is 9.59 Å². The number of carbonyl (C=O) groups is 1. The molecule has 0 unspecified atom stereocenters. The van der Waals surface area contributed by atoms with Crippen LogP contribution in [-0.4, -0.2) is 28.1 Å². The molecule has 0 aliphatic rings. The Morgan fingerprint density at radius 1 is 1.25 bits per heavy atom. The van der Waals surface area contributed by atoms with E-state index < -0.39 is 5.63 Å². The van der Waals surface area contributed by atoms with Crippen LogP contribution < -0.4 is 5.63 Å². The maximum absolute atomic E-state index is 12.7. The van der Waals surface area contributed by atoms with E-state index >= 15 is 0 Å². The van der Waals surface area contributed by atoms with Crippen molar-refractivity contribution in [1.29, 1.82) is 0 Å². The fourth-order valence-electron chi connectivity index (χ4n) is 3.12. The van der Waals surface area contributed by atoms with Crippen LogP contribution in [0.15, 0.2) is 57.1 Å². The average Bonchev–Trinajstić information content (AvgIpc) is 3.32. The molecule has 4 rings (SSSR count). The second-order valence-electron chi connectivity index (χ2n) is 6.77. The number of carbonyl (C=O) groups excluding carboxylic acids is 1. The van der Waals surface area contributed by atoms with Crippen LogP contribution >= 0.6 is 11.3 Å². The highest BCUT2D eigenvalue weighted by Crippen LogP contribution is 2.23. The normalized spacial score (nSPS) is 11.1. The number of hydrogen-bond acceptors (Lipinski definition) is 5. The third-order valence-corrected chi connectivity index (χ3v) is 5.46. The molecule has 6 nitrogen and oxygen atoms in total. The van der Waals surface area contributed by atoms with Crippen LogP contribution in [0.4, 0.5) is 0 Å². The van der Waals surface area contributed by atoms with E-state index in [0.717, 1.165) is 27.2 Å². The Hall–Kier alpha value is -3.19. The molecule has 142 valence electrons. The van der Waals surface area contributed by atoms with Gasteiger partial charge in [-0.1, -0.05) is 18.2 Å². The quantitative estimate of drug-likeness (QED) is 0.524. The Labute approximate surface area is 165 Å². The van der Waals surface area contributed by atoms with E-state index in [1.165, 1.54) is 6.07 Å². The van der Waals surface area contributed by atoms with Crippen LogP contribution in [0.5, 0.6) is 0 Å². The summed E-state index contributed by atoms with van der Waals surface area (Å²) < 4.78 is 5.27. The number of rotatable bonds is 5. The number of hydrogen-bond donors (Lipinski definition) is 1. The smallest absolute Gasteiger partial charge is 0.336 e. The molecule has 0 saturated heterocycles. The Bertz CT molecular complexity index is 1190. The van der Waals surface area contributed by atoms with Crippen molar-refractivity contribution in [2.45, 2.75) is 19.9 Å². The summed E-state index contributed by atoms with van der Waals surface area (Å²) in [6.45, 7) is 2.34. The first kappa shape index (κ1) is 18.2. The number of nitrogens with one attached hydrogen (secondary N) is 1. The van der Waals surface area contributed by atoms with E-state index in [1.54, 1.807) is 23.3 Å². The molecule has 3 heterocycles. The lowest BCUT2D eigenvalue weighted by atomic mass is 10.0. The monoisotopic (exact) mass is 393 g/mol. The number of amides is 1. The highest BCUT2D eigenvalue weighted by Gasteiger charge is 2.15. The Kier molecular flexibility index (Phi) is 4.83. The lowest BCUT2D eigenvalue weighted by Gasteiger charge is -2.16. The van der Waals surface area contributed by atoms with E-state index in [-0.39, 0.29) is 12.3 Å². The maximum atomic E-state index is 12.7. The third kappa shape index (κ3) is 3.75. The highest BCUT2D eigenvalue weighted by molar-refractivity contribution is 7.13. The minimum atomic E-state index is -0.447. The summed E-state index contributed by atoms with van der Waals surface area (Å²) in [6, 6.07) is 13.0. The zero-order chi connectivity index (χ0) is 19.7. The first-order valence-corrected chi connectivity index (χ1v) is 9.73. The van der Waals surface area contributed by atoms with Crippen molar-refractivity contribution >= 4 is 28.2 Å². The van der Waals surface area contributed by atoms with Crippen LogP contribution in [-0.2, 0) is 17.8 Å². The number of aromatic amines is 1. The minimum absolute atomic E-state index is 0.0836. The van der Waals surface area contributed by atoms with Crippen molar-refractivity contribution in [3.05, 3.63) is 75.1 Å². The van der Waals surface area contributed by atoms with E-state index in [2.05, 4.69) is 10.2 Å². The van der Waals surface area contributed by atoms with Crippen molar-refractivity contribution < 1.29 is 9.21 Å². The van der Waals surface area contributed by atoms with Crippen LogP contribution in [0.2, 0.25) is 0 Å². The fraction of sp³-hybridized carbons (Fsp3) is 0.190. The molecule has 1 N–H and O–H groups in total. The van der Waals surface area contributed by atoms with Gasteiger partial charge in [-0.25, -0.2) is 4.79 Å². The molecule has 0 aliphatic heterocycles. The molecule has 28 heavy (non-hydrogen) atoms. The summed E-state index contributed by atoms with van der Waals surface area (Å²) in [5.74, 6) is -0.0836. The van der Waals surface area contributed by atoms with Crippen molar-refractivity contribution in [2.75, 3.05) is 7.05 Å². The van der Waals surface area contributed by atoms with Gasteiger partial charge in [-0.2, -0.15) is 5.10 Å². The number of H-pyrrole nitrogens is 1. The van der Waals surface area contributed by atoms with Gasteiger partial charge in [0.2, 0.25) is 5.91 Å². The molecule has 0 spiro atoms. The first-order chi connectivity index (χ1) is 13.5. The molecule has 1 amide bonds. The predicted molar refractivity (Wildman–Crippen MR) is 109 cm³/mol. The second kappa shape index (κ2) is 7.44. The molecule has 0 aliphatic carbocycles. The Balaban J connectivity index is 1.51. The number of likely N-dealkylation sites (N-methyl/N-ethyl adjacent to an activating group) is 1. The lowest BCUT2D eigenvalue weighted by Crippen LogP contribution is -2.28. The number of aryl methyl sites for hydroxylation is 1. The summed E-state index contributed by atoms with van der Waals surface area (Å²) in [5, 5.41) is 10.1. The molecular weight excluding hydrogens is 374 g/mol. The molecule has 0 saturated carbocycles. The summed E-state index contributed by atoms with van der Waals surface area (Å²) >= 11 is 1.62. The number of nitrogens with zero attached hydrogens (tertiary/aromatic N) is 2. The molecule has 0 radical (unpaired) electrons. The molecule has 0 fully saturated rings. The minimum Gasteiger partial charge on any atom is -0.423 e. The Morgan fingerprint density at radius 2 is 2.11 bits per heavy atom. The van der Waals surface area contributed by atoms with Gasteiger partial charge >= 0.3 is 5.63 Å². The van der Waals surface area contributed by atoms with Crippen LogP contribution in [0, 0.1) is 6.92 Å². The van der Waals surface area contributed by atoms with Crippen molar-refractivity contribution in [3.8, 4) is 10.6 Å². The predicted octanol–water partition coefficient (Wildman–Crippen LogP) is 3.75. The van der Waals surface area contributed by atoms with E-state index in [4.69, 9.17) is 4.42 Å². The van der Waals surface area contributed by atoms with Crippen LogP contribution in [0.3, 0.4) is 0 Å². The number of benzene rings is 1. The fourth-order valence-corrected chi connectivity index (χ4v) is 3.80. The van der Waals surface area contributed by atoms with Crippen molar-refractivity contribution in [1.82, 2.24) is 15.1 Å².